The van der Waals surface area contributed by atoms with Gasteiger partial charge in [0.2, 0.25) is 5.76 Å². The summed E-state index contributed by atoms with van der Waals surface area (Å²) in [5.41, 5.74) is -0.777. The van der Waals surface area contributed by atoms with Crippen LogP contribution in [0.3, 0.4) is 0 Å². The number of aromatic nitrogens is 1. The third kappa shape index (κ3) is 2.82. The lowest BCUT2D eigenvalue weighted by Gasteiger charge is -2.05. The normalized spacial score (nSPS) is 10.3. The van der Waals surface area contributed by atoms with Crippen LogP contribution in [0.2, 0.25) is 0 Å². The highest BCUT2D eigenvalue weighted by Crippen LogP contribution is 2.23. The van der Waals surface area contributed by atoms with Gasteiger partial charge in [-0.1, -0.05) is 5.16 Å². The van der Waals surface area contributed by atoms with Crippen LogP contribution in [0.1, 0.15) is 21.0 Å². The van der Waals surface area contributed by atoms with Crippen molar-refractivity contribution in [2.75, 3.05) is 5.32 Å². The number of benzene rings is 1. The fourth-order valence-corrected chi connectivity index (χ4v) is 1.60. The first-order valence-corrected chi connectivity index (χ1v) is 5.83. The Labute approximate surface area is 118 Å². The Morgan fingerprint density at radius 3 is 2.55 bits per heavy atom. The van der Waals surface area contributed by atoms with E-state index in [2.05, 4.69) is 30.9 Å². The maximum absolute atomic E-state index is 13.5. The molecule has 1 amide bonds. The largest absolute Gasteiger partial charge is 0.475 e. The van der Waals surface area contributed by atoms with Crippen molar-refractivity contribution in [3.63, 3.8) is 0 Å². The summed E-state index contributed by atoms with van der Waals surface area (Å²) in [5.74, 6) is -4.52. The number of carboxylic acids is 1. The van der Waals surface area contributed by atoms with Gasteiger partial charge in [-0.15, -0.1) is 0 Å². The van der Waals surface area contributed by atoms with Crippen LogP contribution in [-0.2, 0) is 0 Å². The molecule has 0 aliphatic heterocycles. The summed E-state index contributed by atoms with van der Waals surface area (Å²) >= 11 is 2.79. The number of hydrogen-bond donors (Lipinski definition) is 2. The highest BCUT2D eigenvalue weighted by atomic mass is 79.9. The first-order chi connectivity index (χ1) is 9.38. The molecule has 1 aromatic carbocycles. The van der Waals surface area contributed by atoms with E-state index in [1.165, 1.54) is 0 Å². The monoisotopic (exact) mass is 346 g/mol. The van der Waals surface area contributed by atoms with E-state index in [4.69, 9.17) is 5.11 Å². The lowest BCUT2D eigenvalue weighted by Crippen LogP contribution is -2.13. The van der Waals surface area contributed by atoms with Crippen molar-refractivity contribution in [3.05, 3.63) is 45.8 Å². The van der Waals surface area contributed by atoms with Gasteiger partial charge in [-0.05, 0) is 22.0 Å². The number of aromatic carboxylic acids is 1. The van der Waals surface area contributed by atoms with Crippen molar-refractivity contribution in [1.82, 2.24) is 5.16 Å². The average Bonchev–Trinajstić information content (AvgIpc) is 2.85. The zero-order chi connectivity index (χ0) is 14.9. The molecule has 0 aliphatic carbocycles. The molecule has 0 saturated heterocycles. The van der Waals surface area contributed by atoms with Gasteiger partial charge in [0.15, 0.2) is 5.69 Å². The van der Waals surface area contributed by atoms with Crippen LogP contribution in [0, 0.1) is 11.6 Å². The van der Waals surface area contributed by atoms with E-state index in [0.29, 0.717) is 0 Å². The second kappa shape index (κ2) is 5.37. The van der Waals surface area contributed by atoms with Gasteiger partial charge in [0.1, 0.15) is 11.6 Å². The summed E-state index contributed by atoms with van der Waals surface area (Å²) in [4.78, 5) is 22.2. The predicted octanol–water partition coefficient (Wildman–Crippen LogP) is 2.67. The molecule has 2 N–H and O–H groups in total. The number of hydrogen-bond acceptors (Lipinski definition) is 4. The molecule has 0 unspecified atom stereocenters. The Morgan fingerprint density at radius 1 is 1.25 bits per heavy atom. The number of carboxylic acid groups (broad SMARTS) is 1. The molecule has 0 saturated carbocycles. The smallest absolute Gasteiger partial charge is 0.374 e. The fourth-order valence-electron chi connectivity index (χ4n) is 1.29. The Kier molecular flexibility index (Phi) is 3.79. The van der Waals surface area contributed by atoms with Gasteiger partial charge < -0.3 is 14.9 Å². The molecule has 0 atom stereocenters. The maximum Gasteiger partial charge on any atom is 0.374 e. The Bertz CT molecular complexity index is 702. The molecular weight excluding hydrogens is 342 g/mol. The maximum atomic E-state index is 13.5. The van der Waals surface area contributed by atoms with Crippen molar-refractivity contribution in [2.45, 2.75) is 0 Å². The molecule has 1 heterocycles. The third-order valence-electron chi connectivity index (χ3n) is 2.21. The highest BCUT2D eigenvalue weighted by Gasteiger charge is 2.18. The lowest BCUT2D eigenvalue weighted by atomic mass is 10.2. The molecule has 20 heavy (non-hydrogen) atoms. The molecule has 104 valence electrons. The van der Waals surface area contributed by atoms with E-state index >= 15 is 0 Å². The molecule has 2 aromatic rings. The molecule has 9 heteroatoms. The SMILES string of the molecule is O=C(Nc1cc(F)c(Br)cc1F)c1cc(C(=O)O)on1. The Hall–Kier alpha value is -2.29. The predicted molar refractivity (Wildman–Crippen MR) is 65.5 cm³/mol. The second-order valence-electron chi connectivity index (χ2n) is 3.58. The van der Waals surface area contributed by atoms with Gasteiger partial charge in [-0.3, -0.25) is 4.79 Å². The average molecular weight is 347 g/mol. The topological polar surface area (TPSA) is 92.4 Å². The van der Waals surface area contributed by atoms with E-state index < -0.39 is 35.0 Å². The van der Waals surface area contributed by atoms with E-state index in [-0.39, 0.29) is 10.2 Å². The number of rotatable bonds is 3. The van der Waals surface area contributed by atoms with Gasteiger partial charge in [-0.25, -0.2) is 13.6 Å². The summed E-state index contributed by atoms with van der Waals surface area (Å²) in [6, 6.07) is 2.48. The van der Waals surface area contributed by atoms with Crippen molar-refractivity contribution in [1.29, 1.82) is 0 Å². The van der Waals surface area contributed by atoms with E-state index in [9.17, 15) is 18.4 Å². The van der Waals surface area contributed by atoms with Gasteiger partial charge >= 0.3 is 5.97 Å². The van der Waals surface area contributed by atoms with Crippen LogP contribution in [-0.4, -0.2) is 22.1 Å². The minimum atomic E-state index is -1.41. The third-order valence-corrected chi connectivity index (χ3v) is 2.82. The van der Waals surface area contributed by atoms with Gasteiger partial charge in [0.05, 0.1) is 10.2 Å². The summed E-state index contributed by atoms with van der Waals surface area (Å²) in [6.45, 7) is 0. The minimum absolute atomic E-state index is 0.0948. The van der Waals surface area contributed by atoms with Crippen molar-refractivity contribution < 1.29 is 28.0 Å². The molecule has 0 bridgehead atoms. The van der Waals surface area contributed by atoms with E-state index in [0.717, 1.165) is 18.2 Å². The van der Waals surface area contributed by atoms with Gasteiger partial charge in [0.25, 0.3) is 5.91 Å². The van der Waals surface area contributed by atoms with Gasteiger partial charge in [0, 0.05) is 12.1 Å². The van der Waals surface area contributed by atoms with Crippen molar-refractivity contribution >= 4 is 33.5 Å². The lowest BCUT2D eigenvalue weighted by molar-refractivity contribution is 0.0651. The minimum Gasteiger partial charge on any atom is -0.475 e. The number of nitrogens with zero attached hydrogens (tertiary/aromatic N) is 1. The fraction of sp³-hybridized carbons (Fsp3) is 0. The number of carbonyl (C=O) groups is 2. The molecule has 0 aliphatic rings. The molecular formula is C11H5BrF2N2O4. The molecule has 2 rings (SSSR count). The summed E-state index contributed by atoms with van der Waals surface area (Å²) in [7, 11) is 0. The molecule has 1 aromatic heterocycles. The van der Waals surface area contributed by atoms with Crippen LogP contribution in [0.5, 0.6) is 0 Å². The standard InChI is InChI=1S/C11H5BrF2N2O4/c12-4-1-6(14)7(2-5(4)13)15-10(17)8-3-9(11(18)19)20-16-8/h1-3H,(H,15,17)(H,18,19). The first kappa shape index (κ1) is 14.1. The summed E-state index contributed by atoms with van der Waals surface area (Å²) in [6.07, 6.45) is 0. The zero-order valence-electron chi connectivity index (χ0n) is 9.49. The van der Waals surface area contributed by atoms with Crippen molar-refractivity contribution in [3.8, 4) is 0 Å². The van der Waals surface area contributed by atoms with E-state index in [1.54, 1.807) is 0 Å². The van der Waals surface area contributed by atoms with Crippen molar-refractivity contribution in [2.24, 2.45) is 0 Å². The van der Waals surface area contributed by atoms with Crippen LogP contribution < -0.4 is 5.32 Å². The highest BCUT2D eigenvalue weighted by molar-refractivity contribution is 9.10. The summed E-state index contributed by atoms with van der Waals surface area (Å²) in [5, 5.41) is 13.9. The number of amides is 1. The quantitative estimate of drug-likeness (QED) is 0.833. The van der Waals surface area contributed by atoms with Crippen LogP contribution in [0.15, 0.2) is 27.2 Å². The number of halogens is 3. The number of anilines is 1. The molecule has 6 nitrogen and oxygen atoms in total. The summed E-state index contributed by atoms with van der Waals surface area (Å²) < 4.78 is 31.0. The Morgan fingerprint density at radius 2 is 1.95 bits per heavy atom. The molecule has 0 radical (unpaired) electrons. The molecule has 0 spiro atoms. The zero-order valence-corrected chi connectivity index (χ0v) is 11.1. The van der Waals surface area contributed by atoms with E-state index in [1.807, 2.05) is 0 Å². The van der Waals surface area contributed by atoms with Crippen LogP contribution in [0.4, 0.5) is 14.5 Å². The molecule has 0 fully saturated rings. The van der Waals surface area contributed by atoms with Crippen LogP contribution >= 0.6 is 15.9 Å². The second-order valence-corrected chi connectivity index (χ2v) is 4.44. The Balaban J connectivity index is 2.23. The van der Waals surface area contributed by atoms with Crippen LogP contribution in [0.25, 0.3) is 0 Å². The van der Waals surface area contributed by atoms with Gasteiger partial charge in [-0.2, -0.15) is 0 Å². The first-order valence-electron chi connectivity index (χ1n) is 5.04. The number of carbonyl (C=O) groups excluding carboxylic acids is 1. The number of nitrogens with one attached hydrogen (secondary N) is 1.